The number of aliphatic hydroxyl groups excluding tert-OH is 1. The summed E-state index contributed by atoms with van der Waals surface area (Å²) >= 11 is 1.77. The number of fused-ring (bicyclic) bond motifs is 1. The molecule has 8 heteroatoms. The van der Waals surface area contributed by atoms with Crippen LogP contribution in [-0.4, -0.2) is 53.5 Å². The molecule has 5 nitrogen and oxygen atoms in total. The first-order valence-electron chi connectivity index (χ1n) is 11.7. The molecule has 0 heterocycles. The Morgan fingerprint density at radius 3 is 2.64 bits per heavy atom. The number of amides is 1. The first kappa shape index (κ1) is 25.9. The van der Waals surface area contributed by atoms with Gasteiger partial charge in [0.15, 0.2) is 0 Å². The second-order valence-electron chi connectivity index (χ2n) is 8.85. The third-order valence-electron chi connectivity index (χ3n) is 6.44. The van der Waals surface area contributed by atoms with Gasteiger partial charge in [0.05, 0.1) is 23.4 Å². The van der Waals surface area contributed by atoms with Crippen molar-refractivity contribution in [2.75, 3.05) is 25.6 Å². The van der Waals surface area contributed by atoms with Gasteiger partial charge in [-0.2, -0.15) is 11.8 Å². The molecule has 36 heavy (non-hydrogen) atoms. The lowest BCUT2D eigenvalue weighted by Crippen LogP contribution is -2.34. The van der Waals surface area contributed by atoms with Crippen molar-refractivity contribution >= 4 is 29.2 Å². The summed E-state index contributed by atoms with van der Waals surface area (Å²) in [4.78, 5) is 19.7. The molecule has 1 amide bonds. The summed E-state index contributed by atoms with van der Waals surface area (Å²) in [5, 5.41) is 13.4. The second kappa shape index (κ2) is 11.2. The molecule has 188 valence electrons. The van der Waals surface area contributed by atoms with E-state index in [9.17, 15) is 18.7 Å². The molecular weight excluding hydrogens is 480 g/mol. The smallest absolute Gasteiger partial charge is 0.254 e. The lowest BCUT2D eigenvalue weighted by molar-refractivity contribution is 0.0854. The average Bonchev–Trinajstić information content (AvgIpc) is 3.16. The van der Waals surface area contributed by atoms with Crippen LogP contribution in [0.1, 0.15) is 34.5 Å². The van der Waals surface area contributed by atoms with Crippen molar-refractivity contribution in [3.8, 4) is 11.1 Å². The van der Waals surface area contributed by atoms with Crippen molar-refractivity contribution in [1.82, 2.24) is 10.2 Å². The third kappa shape index (κ3) is 5.60. The molecule has 0 radical (unpaired) electrons. The molecule has 4 rings (SSSR count). The molecule has 2 atom stereocenters. The molecule has 3 aromatic rings. The Bertz CT molecular complexity index is 1300. The highest BCUT2D eigenvalue weighted by Gasteiger charge is 2.33. The fourth-order valence-corrected chi connectivity index (χ4v) is 4.75. The summed E-state index contributed by atoms with van der Waals surface area (Å²) in [6.07, 6.45) is 1.60. The van der Waals surface area contributed by atoms with Crippen LogP contribution >= 0.6 is 11.8 Å². The molecular formula is C28H29F2N3O2S. The number of halogens is 2. The minimum absolute atomic E-state index is 0.170. The Balaban J connectivity index is 1.54. The van der Waals surface area contributed by atoms with Crippen LogP contribution in [0.25, 0.3) is 11.1 Å². The van der Waals surface area contributed by atoms with E-state index < -0.39 is 29.7 Å². The van der Waals surface area contributed by atoms with E-state index in [0.29, 0.717) is 12.0 Å². The number of hydrogen-bond acceptors (Lipinski definition) is 4. The average molecular weight is 510 g/mol. The van der Waals surface area contributed by atoms with Crippen molar-refractivity contribution in [2.45, 2.75) is 25.5 Å². The van der Waals surface area contributed by atoms with E-state index in [2.05, 4.69) is 16.5 Å². The topological polar surface area (TPSA) is 64.9 Å². The van der Waals surface area contributed by atoms with Gasteiger partial charge in [-0.25, -0.2) is 13.8 Å². The fraction of sp³-hybridized carbons (Fsp3) is 0.286. The predicted octanol–water partition coefficient (Wildman–Crippen LogP) is 5.36. The molecule has 0 spiro atoms. The Morgan fingerprint density at radius 1 is 1.14 bits per heavy atom. The Morgan fingerprint density at radius 2 is 1.92 bits per heavy atom. The highest BCUT2D eigenvalue weighted by Crippen LogP contribution is 2.35. The van der Waals surface area contributed by atoms with Gasteiger partial charge in [-0.05, 0) is 60.2 Å². The summed E-state index contributed by atoms with van der Waals surface area (Å²) in [6, 6.07) is 15.0. The number of benzene rings is 3. The van der Waals surface area contributed by atoms with Gasteiger partial charge in [0.2, 0.25) is 0 Å². The maximum atomic E-state index is 14.9. The van der Waals surface area contributed by atoms with Crippen LogP contribution in [0.15, 0.2) is 65.7 Å². The number of carbonyl (C=O) groups excluding carboxylic acids is 1. The molecule has 0 bridgehead atoms. The molecule has 0 fully saturated rings. The lowest BCUT2D eigenvalue weighted by Gasteiger charge is -2.19. The number of amidine groups is 1. The normalized spacial score (nSPS) is 17.1. The third-order valence-corrected chi connectivity index (χ3v) is 7.03. The first-order valence-corrected chi connectivity index (χ1v) is 13.1. The fourth-order valence-electron chi connectivity index (χ4n) is 4.29. The standard InChI is InChI=1S/C28H29F2N3O2S/c1-17(33(2)12-13-36-3)31-20-10-8-19-15-26(34)27(23(19)16-20)32-28(35)22-11-9-18(14-25(22)30)21-6-4-5-7-24(21)29/h4-11,14,16,26-27,34H,12-13,15H2,1-3H3,(H,32,35)/t26-,27-/m1/s1. The summed E-state index contributed by atoms with van der Waals surface area (Å²) < 4.78 is 29.0. The number of thioether (sulfide) groups is 1. The Labute approximate surface area is 214 Å². The number of aliphatic hydroxyl groups is 1. The van der Waals surface area contributed by atoms with Gasteiger partial charge >= 0.3 is 0 Å². The van der Waals surface area contributed by atoms with Crippen molar-refractivity contribution in [3.05, 3.63) is 89.0 Å². The zero-order valence-electron chi connectivity index (χ0n) is 20.5. The van der Waals surface area contributed by atoms with Gasteiger partial charge in [0.25, 0.3) is 5.91 Å². The van der Waals surface area contributed by atoms with Crippen LogP contribution in [0.3, 0.4) is 0 Å². The molecule has 1 aliphatic rings. The van der Waals surface area contributed by atoms with E-state index in [4.69, 9.17) is 4.99 Å². The number of carbonyl (C=O) groups is 1. The number of hydrogen-bond donors (Lipinski definition) is 2. The number of nitrogens with zero attached hydrogens (tertiary/aromatic N) is 2. The Kier molecular flexibility index (Phi) is 8.06. The van der Waals surface area contributed by atoms with Crippen molar-refractivity contribution in [2.24, 2.45) is 4.99 Å². The van der Waals surface area contributed by atoms with Gasteiger partial charge in [0, 0.05) is 31.3 Å². The van der Waals surface area contributed by atoms with Gasteiger partial charge in [0.1, 0.15) is 17.5 Å². The monoisotopic (exact) mass is 509 g/mol. The second-order valence-corrected chi connectivity index (χ2v) is 9.84. The van der Waals surface area contributed by atoms with Gasteiger partial charge in [-0.15, -0.1) is 0 Å². The predicted molar refractivity (Wildman–Crippen MR) is 142 cm³/mol. The van der Waals surface area contributed by atoms with Crippen molar-refractivity contribution < 1.29 is 18.7 Å². The highest BCUT2D eigenvalue weighted by molar-refractivity contribution is 7.98. The molecule has 0 saturated carbocycles. The van der Waals surface area contributed by atoms with E-state index >= 15 is 0 Å². The molecule has 2 N–H and O–H groups in total. The van der Waals surface area contributed by atoms with E-state index in [1.807, 2.05) is 32.2 Å². The molecule has 3 aromatic carbocycles. The van der Waals surface area contributed by atoms with E-state index in [-0.39, 0.29) is 11.1 Å². The maximum Gasteiger partial charge on any atom is 0.254 e. The SMILES string of the molecule is CSCCN(C)C(C)=Nc1ccc2c(c1)[C@@H](NC(=O)c1ccc(-c3ccccc3F)cc1F)[C@H](O)C2. The van der Waals surface area contributed by atoms with Gasteiger partial charge < -0.3 is 15.3 Å². The zero-order valence-corrected chi connectivity index (χ0v) is 21.3. The quantitative estimate of drug-likeness (QED) is 0.332. The number of rotatable bonds is 7. The van der Waals surface area contributed by atoms with Crippen molar-refractivity contribution in [1.29, 1.82) is 0 Å². The van der Waals surface area contributed by atoms with Gasteiger partial charge in [-0.1, -0.05) is 30.3 Å². The van der Waals surface area contributed by atoms with Crippen LogP contribution in [0.4, 0.5) is 14.5 Å². The summed E-state index contributed by atoms with van der Waals surface area (Å²) in [7, 11) is 1.99. The van der Waals surface area contributed by atoms with Crippen molar-refractivity contribution in [3.63, 3.8) is 0 Å². The number of nitrogens with one attached hydrogen (secondary N) is 1. The van der Waals surface area contributed by atoms with E-state index in [1.165, 1.54) is 18.2 Å². The minimum atomic E-state index is -0.839. The molecule has 0 aliphatic heterocycles. The summed E-state index contributed by atoms with van der Waals surface area (Å²) in [5.74, 6) is -0.0234. The molecule has 0 saturated heterocycles. The lowest BCUT2D eigenvalue weighted by atomic mass is 10.0. The highest BCUT2D eigenvalue weighted by atomic mass is 32.2. The molecule has 0 unspecified atom stereocenters. The molecule has 0 aromatic heterocycles. The van der Waals surface area contributed by atoms with Crippen LogP contribution in [0, 0.1) is 11.6 Å². The van der Waals surface area contributed by atoms with E-state index in [0.717, 1.165) is 41.0 Å². The maximum absolute atomic E-state index is 14.9. The number of aliphatic imine (C=N–C) groups is 1. The summed E-state index contributed by atoms with van der Waals surface area (Å²) in [6.45, 7) is 2.81. The first-order chi connectivity index (χ1) is 17.3. The van der Waals surface area contributed by atoms with Gasteiger partial charge in [-0.3, -0.25) is 4.79 Å². The van der Waals surface area contributed by atoms with Crippen LogP contribution < -0.4 is 5.32 Å². The van der Waals surface area contributed by atoms with Crippen LogP contribution in [0.2, 0.25) is 0 Å². The van der Waals surface area contributed by atoms with E-state index in [1.54, 1.807) is 30.0 Å². The zero-order chi connectivity index (χ0) is 25.8. The summed E-state index contributed by atoms with van der Waals surface area (Å²) in [5.41, 5.74) is 2.82. The minimum Gasteiger partial charge on any atom is -0.390 e. The molecule has 1 aliphatic carbocycles. The van der Waals surface area contributed by atoms with Crippen LogP contribution in [-0.2, 0) is 6.42 Å². The van der Waals surface area contributed by atoms with Crippen LogP contribution in [0.5, 0.6) is 0 Å². The largest absolute Gasteiger partial charge is 0.390 e. The Hall–Kier alpha value is -3.23.